The highest BCUT2D eigenvalue weighted by Crippen LogP contribution is 2.36. The van der Waals surface area contributed by atoms with Crippen molar-refractivity contribution in [2.45, 2.75) is 44.6 Å². The van der Waals surface area contributed by atoms with Gasteiger partial charge in [-0.05, 0) is 43.7 Å². The largest absolute Gasteiger partial charge is 0.356 e. The Morgan fingerprint density at radius 1 is 1.33 bits per heavy atom. The Morgan fingerprint density at radius 3 is 2.61 bits per heavy atom. The standard InChI is InChI=1S/C15H22N2O/c1-2-17-14(18)8-7-12-5-3-4-6-13(12)11-15(16)9-10-15/h3-6H,2,7-11,16H2,1H3,(H,17,18). The van der Waals surface area contributed by atoms with Crippen molar-refractivity contribution in [2.24, 2.45) is 5.73 Å². The second-order valence-corrected chi connectivity index (χ2v) is 5.26. The van der Waals surface area contributed by atoms with Crippen molar-refractivity contribution in [2.75, 3.05) is 6.54 Å². The summed E-state index contributed by atoms with van der Waals surface area (Å²) >= 11 is 0. The van der Waals surface area contributed by atoms with Crippen LogP contribution in [-0.4, -0.2) is 18.0 Å². The highest BCUT2D eigenvalue weighted by molar-refractivity contribution is 5.76. The molecule has 18 heavy (non-hydrogen) atoms. The molecule has 0 bridgehead atoms. The van der Waals surface area contributed by atoms with E-state index < -0.39 is 0 Å². The van der Waals surface area contributed by atoms with Crippen LogP contribution in [0.15, 0.2) is 24.3 Å². The molecule has 1 aliphatic carbocycles. The van der Waals surface area contributed by atoms with Crippen LogP contribution in [0.3, 0.4) is 0 Å². The molecule has 0 atom stereocenters. The first-order chi connectivity index (χ1) is 8.63. The molecule has 1 aromatic rings. The van der Waals surface area contributed by atoms with Crippen molar-refractivity contribution >= 4 is 5.91 Å². The van der Waals surface area contributed by atoms with Crippen LogP contribution in [-0.2, 0) is 17.6 Å². The summed E-state index contributed by atoms with van der Waals surface area (Å²) in [4.78, 5) is 11.5. The van der Waals surface area contributed by atoms with Gasteiger partial charge in [0.05, 0.1) is 0 Å². The van der Waals surface area contributed by atoms with Crippen molar-refractivity contribution in [3.63, 3.8) is 0 Å². The minimum absolute atomic E-state index is 0.0295. The SMILES string of the molecule is CCNC(=O)CCc1ccccc1CC1(N)CC1. The van der Waals surface area contributed by atoms with Gasteiger partial charge in [0.1, 0.15) is 0 Å². The van der Waals surface area contributed by atoms with Gasteiger partial charge in [-0.15, -0.1) is 0 Å². The van der Waals surface area contributed by atoms with E-state index in [0.29, 0.717) is 13.0 Å². The average Bonchev–Trinajstić information content (AvgIpc) is 3.06. The quantitative estimate of drug-likeness (QED) is 0.804. The molecule has 0 saturated heterocycles. The molecule has 3 N–H and O–H groups in total. The van der Waals surface area contributed by atoms with Gasteiger partial charge in [0, 0.05) is 18.5 Å². The van der Waals surface area contributed by atoms with Gasteiger partial charge in [0.15, 0.2) is 0 Å². The molecule has 0 unspecified atom stereocenters. The summed E-state index contributed by atoms with van der Waals surface area (Å²) < 4.78 is 0. The van der Waals surface area contributed by atoms with Crippen molar-refractivity contribution in [3.05, 3.63) is 35.4 Å². The molecular weight excluding hydrogens is 224 g/mol. The van der Waals surface area contributed by atoms with Crippen LogP contribution in [0.2, 0.25) is 0 Å². The van der Waals surface area contributed by atoms with Gasteiger partial charge in [-0.25, -0.2) is 0 Å². The number of nitrogens with one attached hydrogen (secondary N) is 1. The summed E-state index contributed by atoms with van der Waals surface area (Å²) in [7, 11) is 0. The van der Waals surface area contributed by atoms with E-state index in [-0.39, 0.29) is 11.4 Å². The zero-order chi connectivity index (χ0) is 13.0. The van der Waals surface area contributed by atoms with Crippen molar-refractivity contribution in [3.8, 4) is 0 Å². The van der Waals surface area contributed by atoms with Crippen LogP contribution in [0.25, 0.3) is 0 Å². The number of nitrogens with two attached hydrogens (primary N) is 1. The third-order valence-corrected chi connectivity index (χ3v) is 3.55. The van der Waals surface area contributed by atoms with E-state index >= 15 is 0 Å². The third kappa shape index (κ3) is 3.57. The smallest absolute Gasteiger partial charge is 0.220 e. The maximum absolute atomic E-state index is 11.5. The number of carbonyl (C=O) groups excluding carboxylic acids is 1. The molecule has 0 spiro atoms. The zero-order valence-electron chi connectivity index (χ0n) is 11.0. The molecule has 3 nitrogen and oxygen atoms in total. The Morgan fingerprint density at radius 2 is 2.00 bits per heavy atom. The third-order valence-electron chi connectivity index (χ3n) is 3.55. The maximum Gasteiger partial charge on any atom is 0.220 e. The van der Waals surface area contributed by atoms with Gasteiger partial charge in [-0.3, -0.25) is 4.79 Å². The zero-order valence-corrected chi connectivity index (χ0v) is 11.0. The van der Waals surface area contributed by atoms with Crippen LogP contribution in [0.5, 0.6) is 0 Å². The van der Waals surface area contributed by atoms with E-state index in [0.717, 1.165) is 25.7 Å². The molecule has 1 aliphatic rings. The van der Waals surface area contributed by atoms with Crippen LogP contribution in [0, 0.1) is 0 Å². The van der Waals surface area contributed by atoms with Gasteiger partial charge in [0.25, 0.3) is 0 Å². The molecule has 0 aromatic heterocycles. The Hall–Kier alpha value is -1.35. The van der Waals surface area contributed by atoms with Crippen molar-refractivity contribution in [1.29, 1.82) is 0 Å². The van der Waals surface area contributed by atoms with Crippen LogP contribution in [0.4, 0.5) is 0 Å². The fourth-order valence-electron chi connectivity index (χ4n) is 2.22. The first-order valence-corrected chi connectivity index (χ1v) is 6.75. The molecule has 1 saturated carbocycles. The number of benzene rings is 1. The maximum atomic E-state index is 11.5. The first-order valence-electron chi connectivity index (χ1n) is 6.75. The summed E-state index contributed by atoms with van der Waals surface area (Å²) in [5, 5.41) is 2.83. The van der Waals surface area contributed by atoms with Crippen LogP contribution < -0.4 is 11.1 Å². The highest BCUT2D eigenvalue weighted by Gasteiger charge is 2.38. The predicted octanol–water partition coefficient (Wildman–Crippen LogP) is 1.79. The number of carbonyl (C=O) groups is 1. The summed E-state index contributed by atoms with van der Waals surface area (Å²) in [5.74, 6) is 0.126. The van der Waals surface area contributed by atoms with Gasteiger partial charge in [-0.2, -0.15) is 0 Å². The Balaban J connectivity index is 1.96. The minimum atomic E-state index is 0.0295. The molecule has 98 valence electrons. The lowest BCUT2D eigenvalue weighted by Crippen LogP contribution is -2.25. The summed E-state index contributed by atoms with van der Waals surface area (Å²) in [6.45, 7) is 2.64. The molecule has 0 heterocycles. The molecule has 2 rings (SSSR count). The minimum Gasteiger partial charge on any atom is -0.356 e. The predicted molar refractivity (Wildman–Crippen MR) is 73.3 cm³/mol. The van der Waals surface area contributed by atoms with E-state index in [1.807, 2.05) is 13.0 Å². The molecular formula is C15H22N2O. The topological polar surface area (TPSA) is 55.1 Å². The fraction of sp³-hybridized carbons (Fsp3) is 0.533. The highest BCUT2D eigenvalue weighted by atomic mass is 16.1. The molecule has 1 aromatic carbocycles. The summed E-state index contributed by atoms with van der Waals surface area (Å²) in [5.41, 5.74) is 8.77. The van der Waals surface area contributed by atoms with E-state index in [9.17, 15) is 4.79 Å². The second-order valence-electron chi connectivity index (χ2n) is 5.26. The van der Waals surface area contributed by atoms with Crippen molar-refractivity contribution < 1.29 is 4.79 Å². The molecule has 1 amide bonds. The van der Waals surface area contributed by atoms with Crippen LogP contribution in [0.1, 0.15) is 37.3 Å². The normalized spacial score (nSPS) is 16.3. The molecule has 1 fully saturated rings. The van der Waals surface area contributed by atoms with Crippen molar-refractivity contribution in [1.82, 2.24) is 5.32 Å². The van der Waals surface area contributed by atoms with Gasteiger partial charge in [0.2, 0.25) is 5.91 Å². The van der Waals surface area contributed by atoms with E-state index in [1.165, 1.54) is 11.1 Å². The summed E-state index contributed by atoms with van der Waals surface area (Å²) in [6, 6.07) is 8.34. The van der Waals surface area contributed by atoms with Crippen LogP contribution >= 0.6 is 0 Å². The summed E-state index contributed by atoms with van der Waals surface area (Å²) in [6.07, 6.45) is 4.55. The molecule has 0 radical (unpaired) electrons. The number of rotatable bonds is 6. The molecule has 0 aliphatic heterocycles. The van der Waals surface area contributed by atoms with Gasteiger partial charge >= 0.3 is 0 Å². The van der Waals surface area contributed by atoms with E-state index in [1.54, 1.807) is 0 Å². The number of hydrogen-bond donors (Lipinski definition) is 2. The number of hydrogen-bond acceptors (Lipinski definition) is 2. The molecule has 3 heteroatoms. The average molecular weight is 246 g/mol. The Kier molecular flexibility index (Phi) is 4.02. The lowest BCUT2D eigenvalue weighted by molar-refractivity contribution is -0.120. The first kappa shape index (κ1) is 13.1. The Labute approximate surface area is 109 Å². The fourth-order valence-corrected chi connectivity index (χ4v) is 2.22. The second kappa shape index (κ2) is 5.53. The van der Waals surface area contributed by atoms with E-state index in [4.69, 9.17) is 5.73 Å². The monoisotopic (exact) mass is 246 g/mol. The number of aryl methyl sites for hydroxylation is 1. The van der Waals surface area contributed by atoms with Gasteiger partial charge in [-0.1, -0.05) is 24.3 Å². The number of amides is 1. The Bertz CT molecular complexity index is 424. The van der Waals surface area contributed by atoms with Gasteiger partial charge < -0.3 is 11.1 Å². The van der Waals surface area contributed by atoms with E-state index in [2.05, 4.69) is 23.5 Å². The lowest BCUT2D eigenvalue weighted by Gasteiger charge is -2.13. The lowest BCUT2D eigenvalue weighted by atomic mass is 9.96.